The van der Waals surface area contributed by atoms with Gasteiger partial charge < -0.3 is 9.80 Å². The van der Waals surface area contributed by atoms with Crippen molar-refractivity contribution in [1.29, 1.82) is 0 Å². The summed E-state index contributed by atoms with van der Waals surface area (Å²) >= 11 is 0. The first-order chi connectivity index (χ1) is 22.9. The molecule has 0 atom stereocenters. The Morgan fingerprint density at radius 3 is 1.02 bits per heavy atom. The van der Waals surface area contributed by atoms with Crippen molar-refractivity contribution in [3.05, 3.63) is 163 Å². The summed E-state index contributed by atoms with van der Waals surface area (Å²) < 4.78 is 0. The molecular weight excluding hydrogens is 556 g/mol. The lowest BCUT2D eigenvalue weighted by molar-refractivity contribution is 0.997. The molecule has 0 heterocycles. The van der Waals surface area contributed by atoms with Crippen LogP contribution in [0, 0.1) is 0 Å². The largest absolute Gasteiger partial charge is 0.311 e. The quantitative estimate of drug-likeness (QED) is 0.181. The highest BCUT2D eigenvalue weighted by molar-refractivity contribution is 5.79. The third kappa shape index (κ3) is 10.1. The van der Waals surface area contributed by atoms with Gasteiger partial charge in [-0.2, -0.15) is 0 Å². The second-order valence-electron chi connectivity index (χ2n) is 9.38. The number of anilines is 5. The molecule has 1 aliphatic rings. The van der Waals surface area contributed by atoms with E-state index in [0.717, 1.165) is 35.6 Å². The van der Waals surface area contributed by atoms with Gasteiger partial charge in [-0.25, -0.2) is 0 Å². The summed E-state index contributed by atoms with van der Waals surface area (Å²) in [6, 6.07) is 49.4. The number of nitrogens with zero attached hydrogens (tertiary/aromatic N) is 2. The van der Waals surface area contributed by atoms with E-state index in [1.807, 2.05) is 55.4 Å². The van der Waals surface area contributed by atoms with Crippen molar-refractivity contribution in [2.75, 3.05) is 9.80 Å². The Hall–Kier alpha value is -4.82. The molecule has 5 aromatic rings. The van der Waals surface area contributed by atoms with Gasteiger partial charge in [-0.15, -0.1) is 0 Å². The number of benzene rings is 5. The Bertz CT molecular complexity index is 1480. The molecule has 0 N–H and O–H groups in total. The van der Waals surface area contributed by atoms with Crippen LogP contribution in [0.4, 0.5) is 28.4 Å². The van der Waals surface area contributed by atoms with E-state index in [9.17, 15) is 0 Å². The number of para-hydroxylation sites is 3. The molecule has 6 rings (SSSR count). The average molecular weight is 611 g/mol. The Kier molecular flexibility index (Phi) is 17.7. The van der Waals surface area contributed by atoms with Crippen molar-refractivity contribution in [2.24, 2.45) is 0 Å². The van der Waals surface area contributed by atoms with Gasteiger partial charge in [-0.05, 0) is 90.7 Å². The molecule has 0 saturated carbocycles. The third-order valence-corrected chi connectivity index (χ3v) is 6.86. The molecule has 0 spiro atoms. The molecule has 0 aromatic heterocycles. The lowest BCUT2D eigenvalue weighted by Gasteiger charge is -2.28. The van der Waals surface area contributed by atoms with Crippen molar-refractivity contribution in [1.82, 2.24) is 0 Å². The molecule has 0 bridgehead atoms. The van der Waals surface area contributed by atoms with Gasteiger partial charge in [0, 0.05) is 34.1 Å². The maximum Gasteiger partial charge on any atom is 0.0462 e. The van der Waals surface area contributed by atoms with E-state index in [1.54, 1.807) is 0 Å². The highest BCUT2D eigenvalue weighted by atomic mass is 15.1. The fourth-order valence-electron chi connectivity index (χ4n) is 5.00. The Morgan fingerprint density at radius 1 is 0.348 bits per heavy atom. The van der Waals surface area contributed by atoms with Gasteiger partial charge in [0.25, 0.3) is 0 Å². The molecule has 240 valence electrons. The summed E-state index contributed by atoms with van der Waals surface area (Å²) in [5.41, 5.74) is 9.37. The third-order valence-electron chi connectivity index (χ3n) is 6.86. The van der Waals surface area contributed by atoms with Crippen LogP contribution in [0.15, 0.2) is 163 Å². The maximum absolute atomic E-state index is 2.33. The van der Waals surface area contributed by atoms with Crippen molar-refractivity contribution in [3.8, 4) is 11.1 Å². The van der Waals surface area contributed by atoms with Gasteiger partial charge in [-0.1, -0.05) is 146 Å². The topological polar surface area (TPSA) is 6.48 Å². The van der Waals surface area contributed by atoms with Crippen LogP contribution in [0.5, 0.6) is 0 Å². The van der Waals surface area contributed by atoms with Crippen LogP contribution in [0.25, 0.3) is 11.1 Å². The normalized spacial score (nSPS) is 10.9. The molecule has 0 radical (unpaired) electrons. The first-order valence-corrected chi connectivity index (χ1v) is 17.2. The standard InChI is InChI=1S/C36H30N2.4C2H6/c1-5-13-31(14-6-1)37(32-15-7-2-8-16-32)35-25-21-29(22-26-35)30-23-27-36(28-24-30)38(33-17-9-3-10-18-33)34-19-11-4-12-20-34;4*1-2/h1-3,5-11,13-28H,4,12H2;4*1-2H3. The van der Waals surface area contributed by atoms with Gasteiger partial charge in [0.15, 0.2) is 0 Å². The maximum atomic E-state index is 2.33. The summed E-state index contributed by atoms with van der Waals surface area (Å²) in [4.78, 5) is 4.62. The second-order valence-corrected chi connectivity index (χ2v) is 9.38. The van der Waals surface area contributed by atoms with Gasteiger partial charge in [0.2, 0.25) is 0 Å². The van der Waals surface area contributed by atoms with Crippen LogP contribution in [-0.2, 0) is 0 Å². The molecule has 2 nitrogen and oxygen atoms in total. The van der Waals surface area contributed by atoms with Crippen LogP contribution in [0.2, 0.25) is 0 Å². The van der Waals surface area contributed by atoms with Crippen molar-refractivity contribution >= 4 is 28.4 Å². The second kappa shape index (κ2) is 21.8. The van der Waals surface area contributed by atoms with Crippen LogP contribution in [0.3, 0.4) is 0 Å². The van der Waals surface area contributed by atoms with E-state index < -0.39 is 0 Å². The zero-order valence-electron chi connectivity index (χ0n) is 29.3. The fourth-order valence-corrected chi connectivity index (χ4v) is 5.00. The minimum Gasteiger partial charge on any atom is -0.311 e. The molecule has 0 fully saturated rings. The SMILES string of the molecule is C1=CC(N(c2ccccc2)c2ccc(-c3ccc(N(c4ccccc4)c4ccccc4)cc3)cc2)=CCC1.CC.CC.CC.CC. The minimum atomic E-state index is 1.07. The molecular formula is C44H54N2. The lowest BCUT2D eigenvalue weighted by atomic mass is 10.0. The van der Waals surface area contributed by atoms with E-state index in [4.69, 9.17) is 0 Å². The number of allylic oxidation sites excluding steroid dienone is 3. The summed E-state index contributed by atoms with van der Waals surface area (Å²) in [7, 11) is 0. The van der Waals surface area contributed by atoms with Crippen LogP contribution >= 0.6 is 0 Å². The van der Waals surface area contributed by atoms with Gasteiger partial charge in [0.05, 0.1) is 0 Å². The fraction of sp³-hybridized carbons (Fsp3) is 0.227. The predicted octanol–water partition coefficient (Wildman–Crippen LogP) is 14.3. The molecule has 2 heteroatoms. The monoisotopic (exact) mass is 610 g/mol. The Morgan fingerprint density at radius 2 is 0.674 bits per heavy atom. The van der Waals surface area contributed by atoms with E-state index in [-0.39, 0.29) is 0 Å². The first kappa shape index (κ1) is 37.4. The molecule has 0 saturated heterocycles. The zero-order chi connectivity index (χ0) is 33.6. The van der Waals surface area contributed by atoms with Crippen LogP contribution in [-0.4, -0.2) is 0 Å². The van der Waals surface area contributed by atoms with Gasteiger partial charge in [-0.3, -0.25) is 0 Å². The minimum absolute atomic E-state index is 1.07. The highest BCUT2D eigenvalue weighted by Gasteiger charge is 2.15. The van der Waals surface area contributed by atoms with Crippen LogP contribution in [0.1, 0.15) is 68.2 Å². The van der Waals surface area contributed by atoms with Crippen molar-refractivity contribution in [3.63, 3.8) is 0 Å². The Balaban J connectivity index is 0.000000856. The van der Waals surface area contributed by atoms with Crippen molar-refractivity contribution in [2.45, 2.75) is 68.2 Å². The van der Waals surface area contributed by atoms with Gasteiger partial charge >= 0.3 is 0 Å². The Labute approximate surface area is 280 Å². The molecule has 5 aromatic carbocycles. The highest BCUT2D eigenvalue weighted by Crippen LogP contribution is 2.36. The first-order valence-electron chi connectivity index (χ1n) is 17.2. The summed E-state index contributed by atoms with van der Waals surface area (Å²) in [6.07, 6.45) is 8.99. The van der Waals surface area contributed by atoms with Crippen LogP contribution < -0.4 is 9.80 Å². The molecule has 0 amide bonds. The molecule has 1 aliphatic carbocycles. The summed E-state index contributed by atoms with van der Waals surface area (Å²) in [5.74, 6) is 0. The van der Waals surface area contributed by atoms with E-state index in [0.29, 0.717) is 0 Å². The lowest BCUT2D eigenvalue weighted by Crippen LogP contribution is -2.16. The molecule has 0 unspecified atom stereocenters. The zero-order valence-corrected chi connectivity index (χ0v) is 29.3. The smallest absolute Gasteiger partial charge is 0.0462 e. The average Bonchev–Trinajstić information content (AvgIpc) is 3.17. The van der Waals surface area contributed by atoms with E-state index in [1.165, 1.54) is 22.5 Å². The number of hydrogen-bond donors (Lipinski definition) is 0. The number of rotatable bonds is 7. The van der Waals surface area contributed by atoms with Gasteiger partial charge in [0.1, 0.15) is 0 Å². The summed E-state index contributed by atoms with van der Waals surface area (Å²) in [6.45, 7) is 16.0. The molecule has 0 aliphatic heterocycles. The summed E-state index contributed by atoms with van der Waals surface area (Å²) in [5, 5.41) is 0. The predicted molar refractivity (Wildman–Crippen MR) is 207 cm³/mol. The number of hydrogen-bond acceptors (Lipinski definition) is 2. The van der Waals surface area contributed by atoms with E-state index in [2.05, 4.69) is 168 Å². The van der Waals surface area contributed by atoms with Crippen molar-refractivity contribution < 1.29 is 0 Å². The molecule has 46 heavy (non-hydrogen) atoms. The van der Waals surface area contributed by atoms with E-state index >= 15 is 0 Å².